The fourth-order valence-electron chi connectivity index (χ4n) is 1.84. The molecule has 0 aromatic heterocycles. The van der Waals surface area contributed by atoms with Gasteiger partial charge in [-0.25, -0.2) is 4.39 Å². The maximum Gasteiger partial charge on any atom is 0.333 e. The number of azo groups is 1. The second-order valence-corrected chi connectivity index (χ2v) is 7.01. The number of hydrogen-bond donors (Lipinski definition) is 2. The van der Waals surface area contributed by atoms with Crippen LogP contribution in [0.1, 0.15) is 27.7 Å². The highest BCUT2D eigenvalue weighted by Crippen LogP contribution is 2.24. The van der Waals surface area contributed by atoms with Crippen molar-refractivity contribution in [3.63, 3.8) is 0 Å². The van der Waals surface area contributed by atoms with Crippen molar-refractivity contribution in [3.8, 4) is 0 Å². The molecule has 0 unspecified atom stereocenters. The van der Waals surface area contributed by atoms with E-state index < -0.39 is 17.0 Å². The summed E-state index contributed by atoms with van der Waals surface area (Å²) in [7, 11) is 3.15. The predicted molar refractivity (Wildman–Crippen MR) is 103 cm³/mol. The van der Waals surface area contributed by atoms with Crippen molar-refractivity contribution in [1.29, 1.82) is 0 Å². The van der Waals surface area contributed by atoms with Crippen molar-refractivity contribution < 1.29 is 14.2 Å². The Balaban J connectivity index is 2.05. The number of anilines is 1. The summed E-state index contributed by atoms with van der Waals surface area (Å²) >= 11 is 0. The van der Waals surface area contributed by atoms with Gasteiger partial charge < -0.3 is 15.1 Å². The Kier molecular flexibility index (Phi) is 6.15. The highest BCUT2D eigenvalue weighted by Gasteiger charge is 2.35. The molecule has 7 heteroatoms. The van der Waals surface area contributed by atoms with Gasteiger partial charge in [0.05, 0.1) is 22.6 Å². The van der Waals surface area contributed by atoms with Gasteiger partial charge in [0.1, 0.15) is 5.82 Å². The van der Waals surface area contributed by atoms with Gasteiger partial charge in [-0.15, -0.1) is 0 Å². The van der Waals surface area contributed by atoms with Gasteiger partial charge in [-0.3, -0.25) is 0 Å². The fourth-order valence-corrected chi connectivity index (χ4v) is 1.84. The van der Waals surface area contributed by atoms with E-state index in [4.69, 9.17) is 4.65 Å². The number of benzene rings is 2. The molecule has 2 aromatic rings. The average Bonchev–Trinajstić information content (AvgIpc) is 2.58. The van der Waals surface area contributed by atoms with E-state index in [-0.39, 0.29) is 5.46 Å². The third kappa shape index (κ3) is 5.13. The number of halogens is 1. The molecule has 0 amide bonds. The molecule has 1 radical (unpaired) electrons. The van der Waals surface area contributed by atoms with E-state index in [1.54, 1.807) is 39.8 Å². The number of rotatable bonds is 7. The Morgan fingerprint density at radius 3 is 2.12 bits per heavy atom. The third-order valence-corrected chi connectivity index (χ3v) is 4.37. The van der Waals surface area contributed by atoms with Gasteiger partial charge in [0, 0.05) is 18.8 Å². The van der Waals surface area contributed by atoms with E-state index >= 15 is 0 Å². The summed E-state index contributed by atoms with van der Waals surface area (Å²) in [5.41, 5.74) is 0.395. The summed E-state index contributed by atoms with van der Waals surface area (Å²) in [4.78, 5) is 0. The van der Waals surface area contributed by atoms with Gasteiger partial charge in [-0.2, -0.15) is 10.2 Å². The van der Waals surface area contributed by atoms with Crippen LogP contribution < -0.4 is 10.8 Å². The normalized spacial score (nSPS) is 12.4. The van der Waals surface area contributed by atoms with E-state index in [2.05, 4.69) is 15.5 Å². The lowest BCUT2D eigenvalue weighted by atomic mass is 9.82. The first kappa shape index (κ1) is 20.1. The largest absolute Gasteiger partial charge is 0.427 e. The quantitative estimate of drug-likeness (QED) is 0.580. The number of nitrogens with zero attached hydrogens (tertiary/aromatic N) is 2. The molecule has 0 aliphatic heterocycles. The van der Waals surface area contributed by atoms with Crippen LogP contribution >= 0.6 is 0 Å². The van der Waals surface area contributed by atoms with Gasteiger partial charge >= 0.3 is 7.48 Å². The van der Waals surface area contributed by atoms with Crippen LogP contribution in [0.5, 0.6) is 0 Å². The molecule has 5 nitrogen and oxygen atoms in total. The SMILES string of the molecule is CNc1ccc(N=Nc2ccc([B]OC(C)(C)C(C)(C)O)c(F)c2)cc1. The van der Waals surface area contributed by atoms with Crippen molar-refractivity contribution in [3.05, 3.63) is 48.3 Å². The Bertz CT molecular complexity index is 771. The minimum atomic E-state index is -1.07. The van der Waals surface area contributed by atoms with Crippen LogP contribution in [0.15, 0.2) is 52.7 Å². The van der Waals surface area contributed by atoms with E-state index in [1.807, 2.05) is 31.3 Å². The van der Waals surface area contributed by atoms with Crippen molar-refractivity contribution in [2.45, 2.75) is 38.9 Å². The van der Waals surface area contributed by atoms with E-state index in [9.17, 15) is 9.50 Å². The molecule has 0 atom stereocenters. The van der Waals surface area contributed by atoms with Crippen molar-refractivity contribution in [1.82, 2.24) is 0 Å². The maximum atomic E-state index is 14.3. The summed E-state index contributed by atoms with van der Waals surface area (Å²) in [6, 6.07) is 11.9. The van der Waals surface area contributed by atoms with Crippen molar-refractivity contribution >= 4 is 30.0 Å². The smallest absolute Gasteiger partial charge is 0.333 e. The number of hydrogen-bond acceptors (Lipinski definition) is 5. The van der Waals surface area contributed by atoms with Crippen molar-refractivity contribution in [2.75, 3.05) is 12.4 Å². The minimum absolute atomic E-state index is 0.277. The maximum absolute atomic E-state index is 14.3. The lowest BCUT2D eigenvalue weighted by Gasteiger charge is -2.37. The average molecular weight is 356 g/mol. The molecule has 0 heterocycles. The second-order valence-electron chi connectivity index (χ2n) is 7.01. The highest BCUT2D eigenvalue weighted by molar-refractivity contribution is 6.47. The Hall–Kier alpha value is -2.25. The Morgan fingerprint density at radius 1 is 1.00 bits per heavy atom. The Morgan fingerprint density at radius 2 is 1.58 bits per heavy atom. The molecule has 0 saturated heterocycles. The molecule has 2 N–H and O–H groups in total. The predicted octanol–water partition coefficient (Wildman–Crippen LogP) is 4.09. The van der Waals surface area contributed by atoms with Crippen LogP contribution in [0.25, 0.3) is 0 Å². The molecule has 0 saturated carbocycles. The molecule has 26 heavy (non-hydrogen) atoms. The summed E-state index contributed by atoms with van der Waals surface area (Å²) in [5.74, 6) is -0.474. The molecule has 0 aliphatic carbocycles. The molecular formula is C19H24BFN3O2. The Labute approximate surface area is 154 Å². The first-order chi connectivity index (χ1) is 12.1. The van der Waals surface area contributed by atoms with Gasteiger partial charge in [-0.05, 0) is 63.5 Å². The van der Waals surface area contributed by atoms with Crippen LogP contribution in [-0.2, 0) is 4.65 Å². The summed E-state index contributed by atoms with van der Waals surface area (Å²) in [5, 5.41) is 21.2. The molecule has 0 aliphatic rings. The summed E-state index contributed by atoms with van der Waals surface area (Å²) < 4.78 is 19.8. The highest BCUT2D eigenvalue weighted by atomic mass is 19.1. The lowest BCUT2D eigenvalue weighted by Crippen LogP contribution is -2.49. The molecule has 0 spiro atoms. The first-order valence-electron chi connectivity index (χ1n) is 8.35. The van der Waals surface area contributed by atoms with E-state index in [1.165, 1.54) is 13.5 Å². The zero-order valence-corrected chi connectivity index (χ0v) is 15.7. The van der Waals surface area contributed by atoms with Gasteiger partial charge in [0.25, 0.3) is 0 Å². The monoisotopic (exact) mass is 356 g/mol. The zero-order valence-electron chi connectivity index (χ0n) is 15.7. The number of aliphatic hydroxyl groups is 1. The summed E-state index contributed by atoms with van der Waals surface area (Å²) in [6.45, 7) is 6.76. The first-order valence-corrected chi connectivity index (χ1v) is 8.35. The van der Waals surface area contributed by atoms with Crippen LogP contribution in [0.4, 0.5) is 21.5 Å². The number of nitrogens with one attached hydrogen (secondary N) is 1. The van der Waals surface area contributed by atoms with Crippen LogP contribution in [0, 0.1) is 5.82 Å². The topological polar surface area (TPSA) is 66.2 Å². The molecule has 0 fully saturated rings. The van der Waals surface area contributed by atoms with Gasteiger partial charge in [-0.1, -0.05) is 6.07 Å². The lowest BCUT2D eigenvalue weighted by molar-refractivity contribution is -0.0893. The van der Waals surface area contributed by atoms with Crippen LogP contribution in [0.2, 0.25) is 0 Å². The van der Waals surface area contributed by atoms with E-state index in [0.717, 1.165) is 5.69 Å². The van der Waals surface area contributed by atoms with Crippen LogP contribution in [-0.4, -0.2) is 30.8 Å². The molecule has 2 aromatic carbocycles. The zero-order chi connectivity index (χ0) is 19.4. The van der Waals surface area contributed by atoms with E-state index in [0.29, 0.717) is 11.4 Å². The van der Waals surface area contributed by atoms with Crippen LogP contribution in [0.3, 0.4) is 0 Å². The van der Waals surface area contributed by atoms with Gasteiger partial charge in [0.15, 0.2) is 0 Å². The molecule has 137 valence electrons. The summed E-state index contributed by atoms with van der Waals surface area (Å²) in [6.07, 6.45) is 0. The van der Waals surface area contributed by atoms with Gasteiger partial charge in [0.2, 0.25) is 0 Å². The van der Waals surface area contributed by atoms with Crippen molar-refractivity contribution in [2.24, 2.45) is 10.2 Å². The fraction of sp³-hybridized carbons (Fsp3) is 0.368. The standard InChI is InChI=1S/C19H24BFN3O2/c1-18(2,25)19(3,4)26-20-16-11-10-15(12-17(16)21)24-23-14-8-6-13(22-5)7-9-14/h6-12,22,25H,1-5H3. The minimum Gasteiger partial charge on any atom is -0.427 e. The molecular weight excluding hydrogens is 332 g/mol. The molecule has 0 bridgehead atoms. The third-order valence-electron chi connectivity index (χ3n) is 4.37. The second kappa shape index (κ2) is 7.97. The molecule has 2 rings (SSSR count).